The van der Waals surface area contributed by atoms with E-state index >= 15 is 0 Å². The summed E-state index contributed by atoms with van der Waals surface area (Å²) in [4.78, 5) is 20.9. The van der Waals surface area contributed by atoms with E-state index in [4.69, 9.17) is 12.2 Å². The first-order chi connectivity index (χ1) is 7.47. The fourth-order valence-electron chi connectivity index (χ4n) is 1.06. The summed E-state index contributed by atoms with van der Waals surface area (Å²) in [6.45, 7) is 0. The van der Waals surface area contributed by atoms with Crippen LogP contribution in [0.1, 0.15) is 10.4 Å². The number of hydrogen-bond acceptors (Lipinski definition) is 4. The Balaban J connectivity index is 3.19. The molecule has 6 heteroatoms. The van der Waals surface area contributed by atoms with Crippen molar-refractivity contribution >= 4 is 11.5 Å². The summed E-state index contributed by atoms with van der Waals surface area (Å²) in [7, 11) is 0. The van der Waals surface area contributed by atoms with Gasteiger partial charge in [0.25, 0.3) is 0 Å². The first-order valence-corrected chi connectivity index (χ1v) is 4.17. The van der Waals surface area contributed by atoms with Crippen molar-refractivity contribution in [1.82, 2.24) is 0 Å². The maximum absolute atomic E-state index is 12.9. The van der Waals surface area contributed by atoms with Crippen LogP contribution in [0, 0.1) is 28.3 Å². The summed E-state index contributed by atoms with van der Waals surface area (Å²) in [6.07, 6.45) is 4.93. The fraction of sp³-hybridized carbons (Fsp3) is 0.100. The van der Waals surface area contributed by atoms with Crippen molar-refractivity contribution in [2.45, 2.75) is 6.04 Å². The van der Waals surface area contributed by atoms with Gasteiger partial charge in [0.2, 0.25) is 5.82 Å². The van der Waals surface area contributed by atoms with Gasteiger partial charge in [-0.3, -0.25) is 14.9 Å². The van der Waals surface area contributed by atoms with Crippen LogP contribution in [0.15, 0.2) is 18.2 Å². The van der Waals surface area contributed by atoms with Crippen LogP contribution in [-0.2, 0) is 0 Å². The van der Waals surface area contributed by atoms with Gasteiger partial charge in [-0.2, -0.15) is 4.39 Å². The van der Waals surface area contributed by atoms with Gasteiger partial charge >= 0.3 is 5.69 Å². The number of ketones is 1. The largest absolute Gasteiger partial charge is 0.311 e. The molecule has 0 spiro atoms. The highest BCUT2D eigenvalue weighted by atomic mass is 19.1. The molecule has 0 aliphatic rings. The first-order valence-electron chi connectivity index (χ1n) is 4.17. The third-order valence-corrected chi connectivity index (χ3v) is 1.89. The highest BCUT2D eigenvalue weighted by molar-refractivity contribution is 6.02. The third kappa shape index (κ3) is 2.21. The molecule has 2 N–H and O–H groups in total. The number of benzene rings is 1. The number of nitro groups is 1. The number of Topliss-reactive ketones (excluding diaryl/α,β-unsaturated/α-hetero) is 1. The highest BCUT2D eigenvalue weighted by Crippen LogP contribution is 2.19. The Kier molecular flexibility index (Phi) is 3.33. The first kappa shape index (κ1) is 11.8. The molecule has 1 atom stereocenters. The number of carbonyl (C=O) groups excluding carboxylic acids is 1. The zero-order valence-electron chi connectivity index (χ0n) is 8.01. The fourth-order valence-corrected chi connectivity index (χ4v) is 1.06. The van der Waals surface area contributed by atoms with Gasteiger partial charge in [-0.25, -0.2) is 0 Å². The smallest absolute Gasteiger partial charge is 0.305 e. The van der Waals surface area contributed by atoms with Crippen LogP contribution in [0.3, 0.4) is 0 Å². The zero-order valence-corrected chi connectivity index (χ0v) is 8.01. The molecule has 1 aromatic carbocycles. The topological polar surface area (TPSA) is 86.2 Å². The molecular weight excluding hydrogens is 215 g/mol. The van der Waals surface area contributed by atoms with Crippen LogP contribution in [0.4, 0.5) is 10.1 Å². The van der Waals surface area contributed by atoms with Gasteiger partial charge in [0.05, 0.1) is 4.92 Å². The Bertz CT molecular complexity index is 493. The zero-order chi connectivity index (χ0) is 12.3. The predicted molar refractivity (Wildman–Crippen MR) is 54.2 cm³/mol. The quantitative estimate of drug-likeness (QED) is 0.356. The van der Waals surface area contributed by atoms with Gasteiger partial charge in [-0.15, -0.1) is 6.42 Å². The number of rotatable bonds is 3. The molecule has 0 heterocycles. The third-order valence-electron chi connectivity index (χ3n) is 1.89. The summed E-state index contributed by atoms with van der Waals surface area (Å²) in [5.74, 6) is 0.312. The molecule has 0 bridgehead atoms. The molecule has 1 unspecified atom stereocenters. The van der Waals surface area contributed by atoms with E-state index in [1.807, 2.05) is 5.92 Å². The maximum Gasteiger partial charge on any atom is 0.305 e. The highest BCUT2D eigenvalue weighted by Gasteiger charge is 2.19. The minimum atomic E-state index is -1.19. The normalized spacial score (nSPS) is 11.6. The number of nitrogens with zero attached hydrogens (tertiary/aromatic N) is 1. The average molecular weight is 222 g/mol. The number of halogens is 1. The maximum atomic E-state index is 12.9. The van der Waals surface area contributed by atoms with Gasteiger partial charge in [0.1, 0.15) is 6.04 Å². The Morgan fingerprint density at radius 3 is 2.75 bits per heavy atom. The lowest BCUT2D eigenvalue weighted by Crippen LogP contribution is -2.28. The number of carbonyl (C=O) groups is 1. The molecule has 0 saturated carbocycles. The molecule has 5 nitrogen and oxygen atoms in total. The SMILES string of the molecule is C#CC(N)C(=O)c1ccc(F)c([N+](=O)[O-])c1. The molecule has 0 aliphatic carbocycles. The second-order valence-corrected chi connectivity index (χ2v) is 2.93. The molecule has 1 aromatic rings. The standard InChI is InChI=1S/C10H7FN2O3/c1-2-8(12)10(14)6-3-4-7(11)9(5-6)13(15)16/h1,3-5,8H,12H2. The molecule has 82 valence electrons. The Labute approximate surface area is 90.2 Å². The monoisotopic (exact) mass is 222 g/mol. The molecule has 0 amide bonds. The molecule has 0 aliphatic heterocycles. The predicted octanol–water partition coefficient (Wildman–Crippen LogP) is 0.877. The van der Waals surface area contributed by atoms with Crippen molar-refractivity contribution in [2.24, 2.45) is 5.73 Å². The molecular formula is C10H7FN2O3. The van der Waals surface area contributed by atoms with E-state index in [1.54, 1.807) is 0 Å². The molecule has 0 radical (unpaired) electrons. The summed E-state index contributed by atoms with van der Waals surface area (Å²) in [5.41, 5.74) is 4.40. The lowest BCUT2D eigenvalue weighted by atomic mass is 10.0. The van der Waals surface area contributed by atoms with Crippen molar-refractivity contribution in [3.63, 3.8) is 0 Å². The van der Waals surface area contributed by atoms with Crippen molar-refractivity contribution < 1.29 is 14.1 Å². The summed E-state index contributed by atoms with van der Waals surface area (Å²) in [5, 5.41) is 10.4. The van der Waals surface area contributed by atoms with Crippen LogP contribution in [0.2, 0.25) is 0 Å². The van der Waals surface area contributed by atoms with E-state index in [9.17, 15) is 19.3 Å². The number of nitro benzene ring substituents is 1. The van der Waals surface area contributed by atoms with Crippen LogP contribution < -0.4 is 5.73 Å². The van der Waals surface area contributed by atoms with Gasteiger partial charge in [-0.1, -0.05) is 5.92 Å². The van der Waals surface area contributed by atoms with Gasteiger partial charge in [0, 0.05) is 11.6 Å². The van der Waals surface area contributed by atoms with Crippen molar-refractivity contribution in [3.8, 4) is 12.3 Å². The molecule has 0 saturated heterocycles. The van der Waals surface area contributed by atoms with Crippen molar-refractivity contribution in [1.29, 1.82) is 0 Å². The van der Waals surface area contributed by atoms with Crippen LogP contribution in [0.5, 0.6) is 0 Å². The summed E-state index contributed by atoms with van der Waals surface area (Å²) >= 11 is 0. The average Bonchev–Trinajstić information content (AvgIpc) is 2.27. The van der Waals surface area contributed by atoms with E-state index in [0.717, 1.165) is 18.2 Å². The lowest BCUT2D eigenvalue weighted by Gasteiger charge is -2.03. The second-order valence-electron chi connectivity index (χ2n) is 2.93. The van der Waals surface area contributed by atoms with Crippen LogP contribution >= 0.6 is 0 Å². The Morgan fingerprint density at radius 2 is 2.25 bits per heavy atom. The van der Waals surface area contributed by atoms with E-state index in [1.165, 1.54) is 0 Å². The van der Waals surface area contributed by atoms with E-state index < -0.39 is 28.3 Å². The molecule has 1 rings (SSSR count). The van der Waals surface area contributed by atoms with Crippen molar-refractivity contribution in [3.05, 3.63) is 39.7 Å². The number of terminal acetylenes is 1. The van der Waals surface area contributed by atoms with E-state index in [-0.39, 0.29) is 5.56 Å². The molecule has 0 aromatic heterocycles. The van der Waals surface area contributed by atoms with Gasteiger partial charge in [0.15, 0.2) is 5.78 Å². The van der Waals surface area contributed by atoms with E-state index in [2.05, 4.69) is 0 Å². The summed E-state index contributed by atoms with van der Waals surface area (Å²) in [6, 6.07) is 1.55. The van der Waals surface area contributed by atoms with Crippen LogP contribution in [0.25, 0.3) is 0 Å². The lowest BCUT2D eigenvalue weighted by molar-refractivity contribution is -0.387. The minimum absolute atomic E-state index is 0.0847. The van der Waals surface area contributed by atoms with Crippen LogP contribution in [-0.4, -0.2) is 16.7 Å². The molecule has 16 heavy (non-hydrogen) atoms. The minimum Gasteiger partial charge on any atom is -0.311 e. The van der Waals surface area contributed by atoms with Crippen molar-refractivity contribution in [2.75, 3.05) is 0 Å². The number of hydrogen-bond donors (Lipinski definition) is 1. The second kappa shape index (κ2) is 4.51. The Hall–Kier alpha value is -2.26. The number of nitrogens with two attached hydrogens (primary N) is 1. The Morgan fingerprint density at radius 1 is 1.62 bits per heavy atom. The van der Waals surface area contributed by atoms with Gasteiger partial charge in [-0.05, 0) is 12.1 Å². The van der Waals surface area contributed by atoms with Gasteiger partial charge < -0.3 is 5.73 Å². The molecule has 0 fully saturated rings. The summed E-state index contributed by atoms with van der Waals surface area (Å²) < 4.78 is 12.9. The van der Waals surface area contributed by atoms with E-state index in [0.29, 0.717) is 0 Å².